The van der Waals surface area contributed by atoms with Crippen LogP contribution in [-0.2, 0) is 0 Å². The zero-order valence-corrected chi connectivity index (χ0v) is 4.35. The zero-order chi connectivity index (χ0) is 3.58. The fourth-order valence-electron chi connectivity index (χ4n) is 0. The molecule has 26 valence electrons. The molecule has 0 spiro atoms. The average Bonchev–Trinajstić information content (AvgIpc) is 0.811. The quantitative estimate of drug-likeness (QED) is 0.437. The number of hydrogen-bond acceptors (Lipinski definition) is 2. The third-order valence-corrected chi connectivity index (χ3v) is 0. The van der Waals surface area contributed by atoms with Crippen molar-refractivity contribution >= 4 is 24.3 Å². The number of hydrogen-bond donors (Lipinski definition) is 2. The summed E-state index contributed by atoms with van der Waals surface area (Å²) in [6.07, 6.45) is 0. The van der Waals surface area contributed by atoms with Crippen LogP contribution in [0.15, 0.2) is 0 Å². The van der Waals surface area contributed by atoms with E-state index in [2.05, 4.69) is 9.95 Å². The third kappa shape index (κ3) is 14.7. The van der Waals surface area contributed by atoms with E-state index < -0.39 is 14.4 Å². The van der Waals surface area contributed by atoms with Crippen LogP contribution in [0.4, 0.5) is 0 Å². The van der Waals surface area contributed by atoms with Gasteiger partial charge in [0.1, 0.15) is 0 Å². The molecule has 0 bridgehead atoms. The van der Waals surface area contributed by atoms with Gasteiger partial charge in [-0.1, -0.05) is 0 Å². The van der Waals surface area contributed by atoms with Crippen molar-refractivity contribution in [1.29, 1.82) is 0 Å². The first kappa shape index (κ1) is 4.77. The first-order chi connectivity index (χ1) is 1.73. The Morgan fingerprint density at radius 1 is 1.50 bits per heavy atom. The standard InChI is InChI=1S/AsClH2O2/c2-1(3)4/h3-4H. The fourth-order valence-corrected chi connectivity index (χ4v) is 0. The minimum atomic E-state index is -2.72. The molecule has 4 heavy (non-hydrogen) atoms. The van der Waals surface area contributed by atoms with Gasteiger partial charge in [0.25, 0.3) is 0 Å². The van der Waals surface area contributed by atoms with Crippen molar-refractivity contribution in [3.05, 3.63) is 0 Å². The van der Waals surface area contributed by atoms with Crippen molar-refractivity contribution in [2.75, 3.05) is 0 Å². The van der Waals surface area contributed by atoms with Crippen molar-refractivity contribution < 1.29 is 8.19 Å². The second-order valence-corrected chi connectivity index (χ2v) is 2.82. The molecule has 0 saturated carbocycles. The van der Waals surface area contributed by atoms with Crippen molar-refractivity contribution in [2.45, 2.75) is 0 Å². The van der Waals surface area contributed by atoms with Gasteiger partial charge in [0, 0.05) is 0 Å². The van der Waals surface area contributed by atoms with E-state index in [1.165, 1.54) is 0 Å². The van der Waals surface area contributed by atoms with Gasteiger partial charge < -0.3 is 0 Å². The van der Waals surface area contributed by atoms with E-state index in [0.29, 0.717) is 0 Å². The predicted molar refractivity (Wildman–Crippen MR) is 16.0 cm³/mol. The number of rotatable bonds is 0. The first-order valence-corrected chi connectivity index (χ1v) is 4.71. The van der Waals surface area contributed by atoms with Gasteiger partial charge in [0.15, 0.2) is 0 Å². The summed E-state index contributed by atoms with van der Waals surface area (Å²) in [5, 5.41) is 0. The molecular formula is H2AsClO2. The molecule has 2 nitrogen and oxygen atoms in total. The summed E-state index contributed by atoms with van der Waals surface area (Å²) in [4.78, 5) is 0. The molecule has 0 amide bonds. The Hall–Kier alpha value is 0.768. The van der Waals surface area contributed by atoms with Crippen LogP contribution in [-0.4, -0.2) is 22.6 Å². The van der Waals surface area contributed by atoms with E-state index in [9.17, 15) is 0 Å². The summed E-state index contributed by atoms with van der Waals surface area (Å²) < 4.78 is 15.0. The molecule has 0 aliphatic carbocycles. The Bertz CT molecular complexity index is 10.8. The Labute approximate surface area is 33.1 Å². The van der Waals surface area contributed by atoms with Crippen LogP contribution in [0.1, 0.15) is 0 Å². The molecule has 0 aromatic carbocycles. The molecule has 0 aromatic heterocycles. The van der Waals surface area contributed by atoms with Gasteiger partial charge in [-0.15, -0.1) is 0 Å². The second kappa shape index (κ2) is 2.03. The Morgan fingerprint density at radius 2 is 1.50 bits per heavy atom. The Kier molecular flexibility index (Phi) is 2.42. The summed E-state index contributed by atoms with van der Waals surface area (Å²) in [7, 11) is 4.53. The van der Waals surface area contributed by atoms with Crippen LogP contribution in [0.2, 0.25) is 0 Å². The van der Waals surface area contributed by atoms with E-state index in [-0.39, 0.29) is 0 Å². The summed E-state index contributed by atoms with van der Waals surface area (Å²) in [6, 6.07) is 0. The van der Waals surface area contributed by atoms with Gasteiger partial charge in [-0.25, -0.2) is 0 Å². The Balaban J connectivity index is 2.32. The molecule has 4 heteroatoms. The molecule has 0 saturated heterocycles. The molecular weight excluding hydrogens is 142 g/mol. The van der Waals surface area contributed by atoms with E-state index in [1.807, 2.05) is 0 Å². The van der Waals surface area contributed by atoms with Gasteiger partial charge in [-0.05, 0) is 0 Å². The summed E-state index contributed by atoms with van der Waals surface area (Å²) in [5.41, 5.74) is 0. The molecule has 0 heterocycles. The van der Waals surface area contributed by atoms with Crippen molar-refractivity contribution in [3.63, 3.8) is 0 Å². The normalized spacial score (nSPS) is 9.00. The first-order valence-electron chi connectivity index (χ1n) is 0.569. The van der Waals surface area contributed by atoms with Crippen LogP contribution in [0.3, 0.4) is 0 Å². The van der Waals surface area contributed by atoms with E-state index in [4.69, 9.17) is 8.19 Å². The monoisotopic (exact) mass is 144 g/mol. The van der Waals surface area contributed by atoms with E-state index in [1.54, 1.807) is 0 Å². The number of halogens is 1. The van der Waals surface area contributed by atoms with Crippen molar-refractivity contribution in [3.8, 4) is 0 Å². The van der Waals surface area contributed by atoms with Crippen LogP contribution in [0.25, 0.3) is 0 Å². The molecule has 0 fully saturated rings. The second-order valence-electron chi connectivity index (χ2n) is 0.241. The van der Waals surface area contributed by atoms with Gasteiger partial charge >= 0.3 is 32.5 Å². The minimum absolute atomic E-state index is 2.72. The van der Waals surface area contributed by atoms with Gasteiger partial charge in [0.2, 0.25) is 0 Å². The van der Waals surface area contributed by atoms with Crippen molar-refractivity contribution in [2.24, 2.45) is 0 Å². The molecule has 0 unspecified atom stereocenters. The molecule has 0 aliphatic heterocycles. The molecule has 0 rings (SSSR count). The van der Waals surface area contributed by atoms with E-state index in [0.717, 1.165) is 0 Å². The third-order valence-electron chi connectivity index (χ3n) is 0. The van der Waals surface area contributed by atoms with Gasteiger partial charge in [-0.3, -0.25) is 0 Å². The zero-order valence-electron chi connectivity index (χ0n) is 1.72. The summed E-state index contributed by atoms with van der Waals surface area (Å²) >= 11 is -2.72. The van der Waals surface area contributed by atoms with Crippen LogP contribution >= 0.6 is 9.95 Å². The fraction of sp³-hybridized carbons (Fsp3) is 0. The summed E-state index contributed by atoms with van der Waals surface area (Å²) in [5.74, 6) is 0. The van der Waals surface area contributed by atoms with Gasteiger partial charge in [-0.2, -0.15) is 0 Å². The van der Waals surface area contributed by atoms with Crippen LogP contribution < -0.4 is 0 Å². The van der Waals surface area contributed by atoms with E-state index >= 15 is 0 Å². The molecule has 0 aliphatic rings. The maximum absolute atomic E-state index is 7.52. The topological polar surface area (TPSA) is 40.5 Å². The molecule has 2 N–H and O–H groups in total. The van der Waals surface area contributed by atoms with Crippen molar-refractivity contribution in [1.82, 2.24) is 0 Å². The summed E-state index contributed by atoms with van der Waals surface area (Å²) in [6.45, 7) is 0. The Morgan fingerprint density at radius 3 is 1.50 bits per heavy atom. The van der Waals surface area contributed by atoms with Crippen LogP contribution in [0.5, 0.6) is 0 Å². The maximum atomic E-state index is 7.52. The predicted octanol–water partition coefficient (Wildman–Crippen LogP) is -0.805. The molecule has 0 atom stereocenters. The molecule has 0 radical (unpaired) electrons. The molecule has 0 aromatic rings. The SMILES string of the molecule is O[As](O)Cl. The van der Waals surface area contributed by atoms with Gasteiger partial charge in [0.05, 0.1) is 0 Å². The van der Waals surface area contributed by atoms with Crippen LogP contribution in [0, 0.1) is 0 Å². The average molecular weight is 144 g/mol.